The van der Waals surface area contributed by atoms with Crippen LogP contribution in [0.5, 0.6) is 5.75 Å². The fourth-order valence-corrected chi connectivity index (χ4v) is 36.3. The van der Waals surface area contributed by atoms with E-state index in [2.05, 4.69) is 225 Å². The fourth-order valence-electron chi connectivity index (χ4n) is 22.8. The molecule has 11 rings (SSSR count). The lowest BCUT2D eigenvalue weighted by Gasteiger charge is -2.45. The number of carbonyl (C=O) groups is 4. The van der Waals surface area contributed by atoms with E-state index in [1.165, 1.54) is 112 Å². The predicted octanol–water partition coefficient (Wildman–Crippen LogP) is 29.2. The summed E-state index contributed by atoms with van der Waals surface area (Å²) in [5.41, 5.74) is 0.373. The summed E-state index contributed by atoms with van der Waals surface area (Å²) in [6.45, 7) is 79.3. The summed E-state index contributed by atoms with van der Waals surface area (Å²) >= 11 is 0. The Morgan fingerprint density at radius 2 is 0.798 bits per heavy atom. The minimum absolute atomic E-state index is 0.00692. The Kier molecular flexibility index (Phi) is 33.1. The van der Waals surface area contributed by atoms with Crippen LogP contribution in [-0.2, 0) is 43.5 Å². The van der Waals surface area contributed by atoms with Gasteiger partial charge < -0.3 is 23.7 Å². The first-order valence-electron chi connectivity index (χ1n) is 47.7. The molecule has 0 spiro atoms. The lowest BCUT2D eigenvalue weighted by Crippen LogP contribution is -2.49. The number of ether oxygens (including phenoxy) is 5. The van der Waals surface area contributed by atoms with Gasteiger partial charge in [0.15, 0.2) is 0 Å². The predicted molar refractivity (Wildman–Crippen MR) is 507 cm³/mol. The number of hydrogen-bond acceptors (Lipinski definition) is 9. The second kappa shape index (κ2) is 37.9. The second-order valence-corrected chi connectivity index (χ2v) is 89.5. The Balaban J connectivity index is 0.000000199. The zero-order valence-corrected chi connectivity index (χ0v) is 88.2. The van der Waals surface area contributed by atoms with Crippen LogP contribution in [0.1, 0.15) is 257 Å². The van der Waals surface area contributed by atoms with Crippen LogP contribution in [0.25, 0.3) is 0 Å². The molecule has 8 aliphatic carbocycles. The van der Waals surface area contributed by atoms with Crippen molar-refractivity contribution in [2.24, 2.45) is 93.7 Å². The molecule has 1 aromatic carbocycles. The van der Waals surface area contributed by atoms with Crippen LogP contribution >= 0.6 is 0 Å². The third-order valence-electron chi connectivity index (χ3n) is 32.3. The largest absolute Gasteiger partial charge is 0.488 e. The highest BCUT2D eigenvalue weighted by Gasteiger charge is 2.67. The lowest BCUT2D eigenvalue weighted by molar-refractivity contribution is -0.171. The smallest absolute Gasteiger partial charge is 0.312 e. The number of rotatable bonds is 27. The van der Waals surface area contributed by atoms with Gasteiger partial charge >= 0.3 is 23.9 Å². The maximum absolute atomic E-state index is 13.5. The molecule has 2 saturated heterocycles. The van der Waals surface area contributed by atoms with Crippen molar-refractivity contribution in [3.05, 3.63) is 29.8 Å². The Morgan fingerprint density at radius 1 is 0.412 bits per heavy atom. The topological polar surface area (TPSA) is 114 Å². The summed E-state index contributed by atoms with van der Waals surface area (Å²) in [6, 6.07) is 20.6. The molecule has 10 aliphatic rings. The molecule has 114 heavy (non-hydrogen) atoms. The van der Waals surface area contributed by atoms with E-state index in [4.69, 9.17) is 23.7 Å². The minimum Gasteiger partial charge on any atom is -0.488 e. The summed E-state index contributed by atoms with van der Waals surface area (Å²) in [5.74, 6) is 11.6. The van der Waals surface area contributed by atoms with Crippen LogP contribution in [-0.4, -0.2) is 108 Å². The van der Waals surface area contributed by atoms with E-state index in [0.29, 0.717) is 17.8 Å². The standard InChI is InChI=1S/C25H42O2Si.C22H40OSi2.C18H34O2Si.C17H36O2Si2.C16H32O2Si/c1-15-16(2)19-14-18(15)22-17-12-20(23(19)22)21(13-17)24(26)27-25(8-6-7-9-25)10-11-28(3,4)5;1-9-21(2,3)19-10-12-20(13-11-19)23-22(18-24(4,5)6)14-16-25(7,8)17-15-22;1-12-13(2)15-10-14(12)11-16(15)17(19)20-18(3,4)8-9-21(5,6)7;1-9-16(2,3)15(18)19-17(14-20(4,5)6)10-12-21(7,8)13-11-17;1-7-15(2,3)14(17)18-16(10-8-9-11-16)12-13-19(4,5)6/h15-23H,6-14H2,1-5H3;10-13H,9,14-18H2,1-8H3;12-16H,8-11H2,1-7H3;9-14H2,1-8H3;7-13H2,1-6H3. The minimum atomic E-state index is -1.26. The summed E-state index contributed by atoms with van der Waals surface area (Å²) in [5, 5.41) is 0. The molecule has 6 bridgehead atoms. The molecular weight excluding hydrogens is 1520 g/mol. The average molecular weight is 1700 g/mol. The van der Waals surface area contributed by atoms with Gasteiger partial charge in [0, 0.05) is 56.5 Å². The van der Waals surface area contributed by atoms with Crippen LogP contribution in [0.4, 0.5) is 0 Å². The molecule has 2 aliphatic heterocycles. The van der Waals surface area contributed by atoms with Crippen molar-refractivity contribution in [2.45, 2.75) is 464 Å². The molecular formula is C98H184O9Si7. The first kappa shape index (κ1) is 99.5. The Bertz CT molecular complexity index is 3250. The molecule has 16 heteroatoms. The van der Waals surface area contributed by atoms with E-state index >= 15 is 0 Å². The number of fused-ring (bicyclic) bond motifs is 11. The number of esters is 4. The number of carbonyl (C=O) groups excluding carboxylic acids is 4. The molecule has 14 unspecified atom stereocenters. The van der Waals surface area contributed by atoms with Gasteiger partial charge in [0.1, 0.15) is 33.8 Å². The quantitative estimate of drug-likeness (QED) is 0.0368. The summed E-state index contributed by atoms with van der Waals surface area (Å²) < 4.78 is 31.5. The van der Waals surface area contributed by atoms with Crippen LogP contribution in [0.2, 0.25) is 179 Å². The molecule has 658 valence electrons. The third-order valence-corrected chi connectivity index (χ3v) is 47.4. The zero-order valence-electron chi connectivity index (χ0n) is 81.2. The molecule has 0 N–H and O–H groups in total. The highest BCUT2D eigenvalue weighted by Crippen LogP contribution is 2.72. The third kappa shape index (κ3) is 27.5. The molecule has 14 atom stereocenters. The molecule has 2 heterocycles. The Morgan fingerprint density at radius 3 is 1.21 bits per heavy atom. The molecule has 8 saturated carbocycles. The van der Waals surface area contributed by atoms with Crippen molar-refractivity contribution in [1.82, 2.24) is 0 Å². The molecule has 9 nitrogen and oxygen atoms in total. The second-order valence-electron chi connectivity index (χ2n) is 51.0. The van der Waals surface area contributed by atoms with Crippen molar-refractivity contribution in [3.8, 4) is 5.75 Å². The molecule has 1 aromatic rings. The summed E-state index contributed by atoms with van der Waals surface area (Å²) in [4.78, 5) is 51.1. The van der Waals surface area contributed by atoms with Gasteiger partial charge in [-0.3, -0.25) is 19.2 Å². The van der Waals surface area contributed by atoms with Gasteiger partial charge in [-0.1, -0.05) is 241 Å². The summed E-state index contributed by atoms with van der Waals surface area (Å²) in [6.07, 6.45) is 26.4. The Hall–Kier alpha value is -1.58. The van der Waals surface area contributed by atoms with Crippen LogP contribution in [0.3, 0.4) is 0 Å². The van der Waals surface area contributed by atoms with Crippen molar-refractivity contribution in [3.63, 3.8) is 0 Å². The van der Waals surface area contributed by atoms with Gasteiger partial charge in [0.05, 0.1) is 22.7 Å². The molecule has 0 radical (unpaired) electrons. The zero-order chi connectivity index (χ0) is 86.0. The van der Waals surface area contributed by atoms with Crippen LogP contribution in [0.15, 0.2) is 24.3 Å². The van der Waals surface area contributed by atoms with E-state index in [0.717, 1.165) is 155 Å². The van der Waals surface area contributed by atoms with E-state index in [1.54, 1.807) is 0 Å². The van der Waals surface area contributed by atoms with Crippen molar-refractivity contribution < 1.29 is 42.9 Å². The van der Waals surface area contributed by atoms with Gasteiger partial charge in [-0.25, -0.2) is 0 Å². The molecule has 0 amide bonds. The van der Waals surface area contributed by atoms with Crippen LogP contribution < -0.4 is 4.74 Å². The highest BCUT2D eigenvalue weighted by atomic mass is 28.3. The van der Waals surface area contributed by atoms with Crippen molar-refractivity contribution in [1.29, 1.82) is 0 Å². The van der Waals surface area contributed by atoms with Crippen molar-refractivity contribution in [2.75, 3.05) is 0 Å². The van der Waals surface area contributed by atoms with Gasteiger partial charge in [-0.15, -0.1) is 0 Å². The van der Waals surface area contributed by atoms with Gasteiger partial charge in [0.2, 0.25) is 0 Å². The summed E-state index contributed by atoms with van der Waals surface area (Å²) in [7, 11) is -7.69. The molecule has 10 fully saturated rings. The fraction of sp³-hybridized carbons (Fsp3) is 0.898. The van der Waals surface area contributed by atoms with E-state index in [1.807, 2.05) is 27.7 Å². The monoisotopic (exact) mass is 1700 g/mol. The normalized spacial score (nSPS) is 30.2. The maximum Gasteiger partial charge on any atom is 0.312 e. The number of benzene rings is 1. The van der Waals surface area contributed by atoms with Gasteiger partial charge in [-0.05, 0) is 295 Å². The van der Waals surface area contributed by atoms with E-state index < -0.39 is 56.5 Å². The van der Waals surface area contributed by atoms with E-state index in [9.17, 15) is 19.2 Å². The maximum atomic E-state index is 13.5. The van der Waals surface area contributed by atoms with Crippen molar-refractivity contribution >= 4 is 80.4 Å². The first-order chi connectivity index (χ1) is 52.0. The Labute approximate surface area is 711 Å². The van der Waals surface area contributed by atoms with Crippen LogP contribution in [0, 0.1) is 93.7 Å². The van der Waals surface area contributed by atoms with Gasteiger partial charge in [0.25, 0.3) is 0 Å². The average Bonchev–Trinajstić information content (AvgIpc) is 1.53. The first-order valence-corrected chi connectivity index (χ1v) is 73.1. The van der Waals surface area contributed by atoms with Gasteiger partial charge in [-0.2, -0.15) is 0 Å². The van der Waals surface area contributed by atoms with E-state index in [-0.39, 0.29) is 80.0 Å². The molecule has 0 aromatic heterocycles. The number of hydrogen-bond donors (Lipinski definition) is 0. The highest BCUT2D eigenvalue weighted by molar-refractivity contribution is 6.79. The lowest BCUT2D eigenvalue weighted by atomic mass is 9.62. The SMILES string of the molecule is CC1C(C)C2CC1C1C3CC(C(=O)OC4(CC[Si](C)(C)C)CCCC4)C(C3)C21.CC1C2CC(C(=O)OC(C)(C)CC[Si](C)(C)C)C(C2)C1C.CCC(C)(C)C(=O)OC1(CC[Si](C)(C)C)CCCC1.CCC(C)(C)C(=O)OC1(C[Si](C)(C)C)CC[Si](C)(C)CC1.CCC(C)(C)c1ccc(OC2(C[Si](C)(C)C)CC[Si](C)(C)CC2)cc1.